The van der Waals surface area contributed by atoms with Crippen LogP contribution in [0.2, 0.25) is 0 Å². The fourth-order valence-electron chi connectivity index (χ4n) is 5.49. The van der Waals surface area contributed by atoms with Gasteiger partial charge in [-0.2, -0.15) is 0 Å². The first-order valence-electron chi connectivity index (χ1n) is 12.2. The predicted molar refractivity (Wildman–Crippen MR) is 133 cm³/mol. The van der Waals surface area contributed by atoms with Gasteiger partial charge in [0.05, 0.1) is 16.6 Å². The first kappa shape index (κ1) is 23.5. The first-order chi connectivity index (χ1) is 16.5. The molecular formula is C27H32N4O4. The van der Waals surface area contributed by atoms with Crippen molar-refractivity contribution in [2.75, 3.05) is 13.1 Å². The number of fused-ring (bicyclic) bond motifs is 2. The van der Waals surface area contributed by atoms with E-state index in [9.17, 15) is 9.59 Å². The molecule has 1 aliphatic heterocycles. The van der Waals surface area contributed by atoms with Gasteiger partial charge in [-0.3, -0.25) is 9.59 Å². The summed E-state index contributed by atoms with van der Waals surface area (Å²) >= 11 is 0. The van der Waals surface area contributed by atoms with Crippen LogP contribution in [0.1, 0.15) is 56.1 Å². The summed E-state index contributed by atoms with van der Waals surface area (Å²) in [7, 11) is 0. The highest BCUT2D eigenvalue weighted by atomic mass is 16.5. The Morgan fingerprint density at radius 3 is 2.31 bits per heavy atom. The van der Waals surface area contributed by atoms with Gasteiger partial charge < -0.3 is 18.9 Å². The highest BCUT2D eigenvalue weighted by molar-refractivity contribution is 5.97. The second-order valence-electron chi connectivity index (χ2n) is 10.8. The van der Waals surface area contributed by atoms with E-state index >= 15 is 0 Å². The van der Waals surface area contributed by atoms with Crippen molar-refractivity contribution in [3.8, 4) is 5.88 Å². The zero-order valence-corrected chi connectivity index (χ0v) is 21.0. The minimum atomic E-state index is -0.511. The van der Waals surface area contributed by atoms with E-state index in [1.165, 1.54) is 11.1 Å². The predicted octanol–water partition coefficient (Wildman–Crippen LogP) is 3.39. The van der Waals surface area contributed by atoms with E-state index in [1.54, 1.807) is 21.7 Å². The zero-order valence-electron chi connectivity index (χ0n) is 21.0. The van der Waals surface area contributed by atoms with Crippen LogP contribution in [0.25, 0.3) is 11.0 Å². The Bertz CT molecular complexity index is 1320. The smallest absolute Gasteiger partial charge is 0.259 e. The number of nitrogens with zero attached hydrogens (tertiary/aromatic N) is 4. The van der Waals surface area contributed by atoms with Crippen LogP contribution >= 0.6 is 0 Å². The summed E-state index contributed by atoms with van der Waals surface area (Å²) in [5, 5.41) is 8.89. The standard InChI is InChI=1S/C27H32N4O4/c1-6-30-14-21(25(33)31-15-26(2,3)35-27(4,5)16-31)23(32)20-13-22(28-29-24(20)30)34-19-11-17-9-7-8-10-18(17)12-19/h7-10,13-14,19H,6,11-12,15-16H2,1-5H3. The Hall–Kier alpha value is -3.26. The lowest BCUT2D eigenvalue weighted by atomic mass is 9.98. The highest BCUT2D eigenvalue weighted by Gasteiger charge is 2.40. The summed E-state index contributed by atoms with van der Waals surface area (Å²) in [5.41, 5.74) is 1.73. The van der Waals surface area contributed by atoms with E-state index in [4.69, 9.17) is 9.47 Å². The number of aryl methyl sites for hydroxylation is 1. The fraction of sp³-hybridized carbons (Fsp3) is 0.481. The van der Waals surface area contributed by atoms with Crippen LogP contribution in [-0.4, -0.2) is 56.0 Å². The molecule has 5 rings (SSSR count). The molecule has 0 unspecified atom stereocenters. The number of carbonyl (C=O) groups excluding carboxylic acids is 1. The molecule has 0 N–H and O–H groups in total. The molecule has 2 aromatic heterocycles. The molecule has 0 saturated carbocycles. The number of pyridine rings is 1. The molecule has 1 amide bonds. The summed E-state index contributed by atoms with van der Waals surface area (Å²) in [6.45, 7) is 11.1. The molecule has 1 aromatic carbocycles. The topological polar surface area (TPSA) is 86.5 Å². The molecule has 0 radical (unpaired) electrons. The van der Waals surface area contributed by atoms with Gasteiger partial charge in [0.25, 0.3) is 5.91 Å². The number of aromatic nitrogens is 3. The maximum Gasteiger partial charge on any atom is 0.259 e. The van der Waals surface area contributed by atoms with Crippen LogP contribution in [0.5, 0.6) is 5.88 Å². The minimum Gasteiger partial charge on any atom is -0.473 e. The lowest BCUT2D eigenvalue weighted by Gasteiger charge is -2.47. The molecule has 184 valence electrons. The van der Waals surface area contributed by atoms with Gasteiger partial charge in [0.1, 0.15) is 11.7 Å². The van der Waals surface area contributed by atoms with Gasteiger partial charge in [-0.05, 0) is 45.7 Å². The lowest BCUT2D eigenvalue weighted by Crippen LogP contribution is -2.59. The Morgan fingerprint density at radius 2 is 1.71 bits per heavy atom. The number of amides is 1. The van der Waals surface area contributed by atoms with Crippen molar-refractivity contribution in [2.24, 2.45) is 0 Å². The summed E-state index contributed by atoms with van der Waals surface area (Å²) < 4.78 is 14.0. The Morgan fingerprint density at radius 1 is 1.09 bits per heavy atom. The molecule has 2 aliphatic rings. The molecular weight excluding hydrogens is 444 g/mol. The van der Waals surface area contributed by atoms with Crippen molar-refractivity contribution in [3.05, 3.63) is 63.4 Å². The van der Waals surface area contributed by atoms with Crippen molar-refractivity contribution in [3.63, 3.8) is 0 Å². The van der Waals surface area contributed by atoms with E-state index in [2.05, 4.69) is 22.3 Å². The fourth-order valence-corrected chi connectivity index (χ4v) is 5.49. The Labute approximate surface area is 204 Å². The average Bonchev–Trinajstić information content (AvgIpc) is 3.19. The highest BCUT2D eigenvalue weighted by Crippen LogP contribution is 2.29. The summed E-state index contributed by atoms with van der Waals surface area (Å²) in [4.78, 5) is 28.9. The monoisotopic (exact) mass is 476 g/mol. The van der Waals surface area contributed by atoms with Crippen LogP contribution in [0.15, 0.2) is 41.3 Å². The van der Waals surface area contributed by atoms with E-state index in [0.717, 1.165) is 12.8 Å². The van der Waals surface area contributed by atoms with Gasteiger partial charge in [-0.25, -0.2) is 0 Å². The SMILES string of the molecule is CCn1cc(C(=O)N2CC(C)(C)OC(C)(C)C2)c(=O)c2cc(OC3Cc4ccccc4C3)nnc21. The van der Waals surface area contributed by atoms with Crippen molar-refractivity contribution < 1.29 is 14.3 Å². The third-order valence-electron chi connectivity index (χ3n) is 6.65. The van der Waals surface area contributed by atoms with Gasteiger partial charge in [0.15, 0.2) is 5.65 Å². The Balaban J connectivity index is 1.48. The van der Waals surface area contributed by atoms with Crippen molar-refractivity contribution in [1.29, 1.82) is 0 Å². The minimum absolute atomic E-state index is 0.0600. The van der Waals surface area contributed by atoms with Gasteiger partial charge >= 0.3 is 0 Å². The van der Waals surface area contributed by atoms with Gasteiger partial charge in [-0.1, -0.05) is 24.3 Å². The molecule has 8 heteroatoms. The molecule has 1 aliphatic carbocycles. The van der Waals surface area contributed by atoms with Crippen LogP contribution in [-0.2, 0) is 24.1 Å². The number of ether oxygens (including phenoxy) is 2. The number of benzene rings is 1. The summed E-state index contributed by atoms with van der Waals surface area (Å²) in [6.07, 6.45) is 3.12. The molecule has 0 spiro atoms. The number of hydrogen-bond donors (Lipinski definition) is 0. The van der Waals surface area contributed by atoms with E-state index in [1.807, 2.05) is 46.8 Å². The molecule has 0 atom stereocenters. The zero-order chi connectivity index (χ0) is 25.0. The maximum atomic E-state index is 13.6. The number of morpholine rings is 1. The number of hydrogen-bond acceptors (Lipinski definition) is 6. The van der Waals surface area contributed by atoms with Crippen molar-refractivity contribution in [2.45, 2.75) is 71.3 Å². The average molecular weight is 477 g/mol. The third-order valence-corrected chi connectivity index (χ3v) is 6.65. The van der Waals surface area contributed by atoms with Gasteiger partial charge in [0, 0.05) is 44.7 Å². The quantitative estimate of drug-likeness (QED) is 0.574. The van der Waals surface area contributed by atoms with Gasteiger partial charge in [0.2, 0.25) is 11.3 Å². The van der Waals surface area contributed by atoms with E-state index < -0.39 is 11.2 Å². The Kier molecular flexibility index (Phi) is 5.67. The molecule has 1 saturated heterocycles. The second-order valence-corrected chi connectivity index (χ2v) is 10.8. The maximum absolute atomic E-state index is 13.6. The van der Waals surface area contributed by atoms with E-state index in [-0.39, 0.29) is 23.0 Å². The molecule has 1 fully saturated rings. The first-order valence-corrected chi connectivity index (χ1v) is 12.2. The largest absolute Gasteiger partial charge is 0.473 e. The second kappa shape index (κ2) is 8.45. The van der Waals surface area contributed by atoms with E-state index in [0.29, 0.717) is 36.5 Å². The van der Waals surface area contributed by atoms with Gasteiger partial charge in [-0.15, -0.1) is 10.2 Å². The van der Waals surface area contributed by atoms with Crippen LogP contribution in [0.4, 0.5) is 0 Å². The molecule has 35 heavy (non-hydrogen) atoms. The molecule has 0 bridgehead atoms. The summed E-state index contributed by atoms with van der Waals surface area (Å²) in [5.74, 6) is 0.00219. The number of carbonyl (C=O) groups is 1. The number of rotatable bonds is 4. The van der Waals surface area contributed by atoms with Crippen molar-refractivity contribution in [1.82, 2.24) is 19.7 Å². The lowest BCUT2D eigenvalue weighted by molar-refractivity contribution is -0.171. The third kappa shape index (κ3) is 4.55. The van der Waals surface area contributed by atoms with Crippen LogP contribution in [0.3, 0.4) is 0 Å². The molecule has 3 aromatic rings. The molecule has 8 nitrogen and oxygen atoms in total. The van der Waals surface area contributed by atoms with Crippen LogP contribution < -0.4 is 10.2 Å². The molecule has 3 heterocycles. The van der Waals surface area contributed by atoms with Crippen LogP contribution in [0, 0.1) is 0 Å². The summed E-state index contributed by atoms with van der Waals surface area (Å²) in [6, 6.07) is 9.90. The normalized spacial score (nSPS) is 19.1. The van der Waals surface area contributed by atoms with Crippen molar-refractivity contribution >= 4 is 16.9 Å².